The molecule has 0 saturated heterocycles. The summed E-state index contributed by atoms with van der Waals surface area (Å²) in [5, 5.41) is 0. The summed E-state index contributed by atoms with van der Waals surface area (Å²) in [6.45, 7) is 1.02. The van der Waals surface area contributed by atoms with Crippen molar-refractivity contribution in [2.75, 3.05) is 26.4 Å². The van der Waals surface area contributed by atoms with Crippen molar-refractivity contribution >= 4 is 27.1 Å². The van der Waals surface area contributed by atoms with E-state index in [1.807, 2.05) is 0 Å². The molecule has 0 amide bonds. The molecule has 0 spiro atoms. The van der Waals surface area contributed by atoms with Gasteiger partial charge in [-0.25, -0.2) is 17.9 Å². The zero-order valence-corrected chi connectivity index (χ0v) is 17.9. The van der Waals surface area contributed by atoms with Crippen molar-refractivity contribution < 1.29 is 31.8 Å². The average Bonchev–Trinajstić information content (AvgIpc) is 3.11. The van der Waals surface area contributed by atoms with E-state index in [-0.39, 0.29) is 37.4 Å². The molecule has 1 aliphatic heterocycles. The quantitative estimate of drug-likeness (QED) is 0.376. The van der Waals surface area contributed by atoms with Crippen LogP contribution in [0.5, 0.6) is 11.5 Å². The van der Waals surface area contributed by atoms with Gasteiger partial charge in [0.25, 0.3) is 0 Å². The molecule has 0 fully saturated rings. The van der Waals surface area contributed by atoms with Gasteiger partial charge in [-0.15, -0.1) is 0 Å². The van der Waals surface area contributed by atoms with Crippen LogP contribution in [0.1, 0.15) is 12.8 Å². The minimum absolute atomic E-state index is 0.00515. The largest absolute Gasteiger partial charge is 0.486 e. The number of para-hydroxylation sites is 2. The number of nitrogens with one attached hydrogen (secondary N) is 1. The van der Waals surface area contributed by atoms with Gasteiger partial charge in [0.15, 0.2) is 17.1 Å². The number of ether oxygens (including phenoxy) is 3. The monoisotopic (exact) mass is 462 g/mol. The number of carbonyl (C=O) groups is 1. The molecule has 1 aliphatic rings. The van der Waals surface area contributed by atoms with E-state index >= 15 is 0 Å². The lowest BCUT2D eigenvalue weighted by atomic mass is 10.3. The first-order valence-electron chi connectivity index (χ1n) is 10.1. The van der Waals surface area contributed by atoms with E-state index in [9.17, 15) is 18.0 Å². The summed E-state index contributed by atoms with van der Waals surface area (Å²) < 4.78 is 49.8. The molecule has 0 bridgehead atoms. The van der Waals surface area contributed by atoms with Crippen molar-refractivity contribution in [2.45, 2.75) is 24.3 Å². The third-order valence-electron chi connectivity index (χ3n) is 4.83. The fourth-order valence-electron chi connectivity index (χ4n) is 3.26. The summed E-state index contributed by atoms with van der Waals surface area (Å²) in [5.41, 5.74) is 1.09. The van der Waals surface area contributed by atoms with Crippen LogP contribution in [0.25, 0.3) is 11.1 Å². The Hall–Kier alpha value is -3.31. The highest BCUT2D eigenvalue weighted by Crippen LogP contribution is 2.32. The highest BCUT2D eigenvalue weighted by molar-refractivity contribution is 7.89. The van der Waals surface area contributed by atoms with Gasteiger partial charge in [-0.3, -0.25) is 9.36 Å². The fourth-order valence-corrected chi connectivity index (χ4v) is 4.35. The summed E-state index contributed by atoms with van der Waals surface area (Å²) in [6.07, 6.45) is 0.294. The van der Waals surface area contributed by atoms with Crippen molar-refractivity contribution in [3.63, 3.8) is 0 Å². The highest BCUT2D eigenvalue weighted by Gasteiger charge is 2.19. The lowest BCUT2D eigenvalue weighted by Gasteiger charge is -2.18. The topological polar surface area (TPSA) is 126 Å². The molecule has 0 atom stereocenters. The third kappa shape index (κ3) is 4.94. The molecule has 32 heavy (non-hydrogen) atoms. The van der Waals surface area contributed by atoms with Crippen molar-refractivity contribution in [3.05, 3.63) is 53.0 Å². The van der Waals surface area contributed by atoms with Gasteiger partial charge in [0, 0.05) is 19.0 Å². The number of hydrogen-bond donors (Lipinski definition) is 1. The zero-order valence-electron chi connectivity index (χ0n) is 17.1. The molecule has 0 unspecified atom stereocenters. The van der Waals surface area contributed by atoms with Gasteiger partial charge in [0.05, 0.1) is 17.0 Å². The van der Waals surface area contributed by atoms with Crippen molar-refractivity contribution in [1.82, 2.24) is 9.29 Å². The van der Waals surface area contributed by atoms with Crippen molar-refractivity contribution in [3.8, 4) is 11.5 Å². The van der Waals surface area contributed by atoms with Gasteiger partial charge in [-0.05, 0) is 30.7 Å². The zero-order chi connectivity index (χ0) is 22.6. The maximum atomic E-state index is 12.4. The van der Waals surface area contributed by atoms with Crippen LogP contribution in [0, 0.1) is 0 Å². The van der Waals surface area contributed by atoms with Gasteiger partial charge in [0.1, 0.15) is 19.8 Å². The Morgan fingerprint density at radius 3 is 2.72 bits per heavy atom. The Balaban J connectivity index is 1.21. The van der Waals surface area contributed by atoms with Gasteiger partial charge < -0.3 is 18.6 Å². The van der Waals surface area contributed by atoms with Crippen LogP contribution in [0.3, 0.4) is 0 Å². The second kappa shape index (κ2) is 9.45. The summed E-state index contributed by atoms with van der Waals surface area (Å²) in [5.74, 6) is -0.115. The lowest BCUT2D eigenvalue weighted by Crippen LogP contribution is -2.26. The number of benzene rings is 2. The molecule has 0 aliphatic carbocycles. The van der Waals surface area contributed by atoms with Gasteiger partial charge in [-0.1, -0.05) is 12.1 Å². The predicted molar refractivity (Wildman–Crippen MR) is 113 cm³/mol. The number of sulfonamides is 1. The minimum Gasteiger partial charge on any atom is -0.486 e. The number of fused-ring (bicyclic) bond motifs is 2. The van der Waals surface area contributed by atoms with Crippen LogP contribution in [0.4, 0.5) is 0 Å². The molecular weight excluding hydrogens is 440 g/mol. The normalized spacial score (nSPS) is 13.2. The summed E-state index contributed by atoms with van der Waals surface area (Å²) >= 11 is 0. The van der Waals surface area contributed by atoms with Crippen molar-refractivity contribution in [1.29, 1.82) is 0 Å². The van der Waals surface area contributed by atoms with E-state index in [0.29, 0.717) is 35.8 Å². The minimum atomic E-state index is -3.75. The Morgan fingerprint density at radius 2 is 1.88 bits per heavy atom. The van der Waals surface area contributed by atoms with E-state index in [4.69, 9.17) is 18.6 Å². The number of hydrogen-bond acceptors (Lipinski definition) is 8. The highest BCUT2D eigenvalue weighted by atomic mass is 32.2. The van der Waals surface area contributed by atoms with Crippen molar-refractivity contribution in [2.24, 2.45) is 0 Å². The number of aromatic nitrogens is 1. The first-order chi connectivity index (χ1) is 15.4. The van der Waals surface area contributed by atoms with E-state index in [1.54, 1.807) is 30.3 Å². The average molecular weight is 462 g/mol. The van der Waals surface area contributed by atoms with Crippen LogP contribution in [0.15, 0.2) is 56.6 Å². The molecular formula is C21H22N2O8S. The third-order valence-corrected chi connectivity index (χ3v) is 6.28. The van der Waals surface area contributed by atoms with E-state index in [0.717, 1.165) is 0 Å². The molecule has 0 radical (unpaired) electrons. The van der Waals surface area contributed by atoms with Crippen LogP contribution in [-0.4, -0.2) is 45.3 Å². The first-order valence-corrected chi connectivity index (χ1v) is 11.6. The number of nitrogens with zero attached hydrogens (tertiary/aromatic N) is 1. The molecule has 2 aromatic carbocycles. The molecule has 2 heterocycles. The maximum absolute atomic E-state index is 12.4. The molecule has 1 N–H and O–H groups in total. The van der Waals surface area contributed by atoms with Crippen LogP contribution >= 0.6 is 0 Å². The maximum Gasteiger partial charge on any atom is 0.420 e. The van der Waals surface area contributed by atoms with Gasteiger partial charge >= 0.3 is 11.7 Å². The number of esters is 1. The van der Waals surface area contributed by atoms with Crippen LogP contribution < -0.4 is 20.0 Å². The van der Waals surface area contributed by atoms with Crippen LogP contribution in [0.2, 0.25) is 0 Å². The molecule has 10 nitrogen and oxygen atoms in total. The number of rotatable bonds is 9. The second-order valence-electron chi connectivity index (χ2n) is 7.01. The fraction of sp³-hybridized carbons (Fsp3) is 0.333. The SMILES string of the molecule is O=C(CCCNS(=O)(=O)c1ccc2c(c1)OCCO2)OCCn1c(=O)oc2ccccc21. The number of carbonyl (C=O) groups excluding carboxylic acids is 1. The number of oxazole rings is 1. The Morgan fingerprint density at radius 1 is 1.09 bits per heavy atom. The Kier molecular flexibility index (Phi) is 6.47. The first kappa shape index (κ1) is 21.9. The summed E-state index contributed by atoms with van der Waals surface area (Å²) in [6, 6.07) is 11.4. The Labute approximate surface area is 183 Å². The summed E-state index contributed by atoms with van der Waals surface area (Å²) in [7, 11) is -3.75. The second-order valence-corrected chi connectivity index (χ2v) is 8.78. The van der Waals surface area contributed by atoms with Gasteiger partial charge in [0.2, 0.25) is 10.0 Å². The van der Waals surface area contributed by atoms with Crippen LogP contribution in [-0.2, 0) is 26.1 Å². The lowest BCUT2D eigenvalue weighted by molar-refractivity contribution is -0.144. The van der Waals surface area contributed by atoms with E-state index in [2.05, 4.69) is 4.72 Å². The van der Waals surface area contributed by atoms with Gasteiger partial charge in [-0.2, -0.15) is 0 Å². The van der Waals surface area contributed by atoms with E-state index in [1.165, 1.54) is 16.7 Å². The smallest absolute Gasteiger partial charge is 0.420 e. The summed E-state index contributed by atoms with van der Waals surface area (Å²) in [4.78, 5) is 23.9. The molecule has 11 heteroatoms. The molecule has 4 rings (SSSR count). The Bertz CT molecular complexity index is 1280. The van der Waals surface area contributed by atoms with E-state index < -0.39 is 21.7 Å². The molecule has 170 valence electrons. The molecule has 1 aromatic heterocycles. The molecule has 3 aromatic rings. The standard InChI is InChI=1S/C21H22N2O8S/c24-20(30-11-10-23-16-4-1-2-5-17(16)31-21(23)25)6-3-9-22-32(26,27)15-7-8-18-19(14-15)29-13-12-28-18/h1-2,4-5,7-8,14,22H,3,6,9-13H2. The predicted octanol–water partition coefficient (Wildman–Crippen LogP) is 1.67. The molecule has 0 saturated carbocycles.